The van der Waals surface area contributed by atoms with Crippen LogP contribution in [0, 0.1) is 37.4 Å². The molecule has 0 atom stereocenters. The van der Waals surface area contributed by atoms with Crippen LogP contribution in [0.25, 0.3) is 0 Å². The lowest BCUT2D eigenvalue weighted by atomic mass is 9.97. The second kappa shape index (κ2) is 11.5. The molecule has 1 aliphatic rings. The van der Waals surface area contributed by atoms with Crippen molar-refractivity contribution >= 4 is 28.8 Å². The fourth-order valence-corrected chi connectivity index (χ4v) is 4.72. The molecule has 1 N–H and O–H groups in total. The van der Waals surface area contributed by atoms with E-state index in [1.807, 2.05) is 0 Å². The minimum absolute atomic E-state index is 0.0194. The molecule has 216 valence electrons. The highest BCUT2D eigenvalue weighted by molar-refractivity contribution is 6.32. The Bertz CT molecular complexity index is 1820. The van der Waals surface area contributed by atoms with E-state index in [1.165, 1.54) is 30.3 Å². The summed E-state index contributed by atoms with van der Waals surface area (Å²) in [5.41, 5.74) is -2.59. The maximum Gasteiger partial charge on any atom is 0.313 e. The minimum atomic E-state index is -1.42. The normalized spacial score (nSPS) is 13.7. The number of nitrogens with zero attached hydrogens (tertiary/aromatic N) is 3. The average Bonchev–Trinajstić information content (AvgIpc) is 3.49. The summed E-state index contributed by atoms with van der Waals surface area (Å²) in [6.45, 7) is 0.565. The number of hydrogen-bond donors (Lipinski definition) is 1. The van der Waals surface area contributed by atoms with Gasteiger partial charge in [0, 0.05) is 28.8 Å². The standard InChI is InChI=1S/C29H17ClFN3O9/c30-23-10-1-16(13-24(23)33(37)38)27(36)21-14-25(34(39)40)28(22(15-32)26(21)31)43-20-8-4-18(5-9-20)29(41-11-12-42-29)17-2-6-19(35)7-3-17/h1-10,13-14,35H,11-12H2. The summed E-state index contributed by atoms with van der Waals surface area (Å²) in [6.07, 6.45) is 0. The van der Waals surface area contributed by atoms with Gasteiger partial charge in [0.25, 0.3) is 5.69 Å². The number of rotatable bonds is 8. The Morgan fingerprint density at radius 2 is 1.53 bits per heavy atom. The summed E-state index contributed by atoms with van der Waals surface area (Å²) in [5, 5.41) is 42.3. The number of hydrogen-bond acceptors (Lipinski definition) is 10. The number of ether oxygens (including phenoxy) is 3. The Kier molecular flexibility index (Phi) is 7.75. The zero-order valence-corrected chi connectivity index (χ0v) is 22.4. The van der Waals surface area contributed by atoms with E-state index in [0.29, 0.717) is 17.2 Å². The molecule has 0 bridgehead atoms. The quantitative estimate of drug-likeness (QED) is 0.139. The second-order valence-corrected chi connectivity index (χ2v) is 9.48. The number of nitro benzene ring substituents is 2. The summed E-state index contributed by atoms with van der Waals surface area (Å²) in [5.74, 6) is -4.59. The van der Waals surface area contributed by atoms with Crippen LogP contribution in [0.3, 0.4) is 0 Å². The molecule has 4 aromatic rings. The number of halogens is 2. The molecule has 0 aliphatic carbocycles. The van der Waals surface area contributed by atoms with E-state index in [0.717, 1.165) is 18.2 Å². The molecule has 1 aliphatic heterocycles. The van der Waals surface area contributed by atoms with E-state index in [-0.39, 0.29) is 35.3 Å². The number of benzene rings is 4. The van der Waals surface area contributed by atoms with Crippen LogP contribution in [0.2, 0.25) is 5.02 Å². The number of aromatic hydroxyl groups is 1. The average molecular weight is 606 g/mol. The zero-order valence-electron chi connectivity index (χ0n) is 21.7. The Balaban J connectivity index is 1.52. The van der Waals surface area contributed by atoms with Gasteiger partial charge in [-0.3, -0.25) is 25.0 Å². The van der Waals surface area contributed by atoms with Gasteiger partial charge >= 0.3 is 5.69 Å². The molecule has 1 saturated heterocycles. The van der Waals surface area contributed by atoms with Gasteiger partial charge in [0.15, 0.2) is 11.6 Å². The van der Waals surface area contributed by atoms with Crippen molar-refractivity contribution < 1.29 is 38.3 Å². The molecule has 0 saturated carbocycles. The van der Waals surface area contributed by atoms with Crippen molar-refractivity contribution in [2.24, 2.45) is 0 Å². The molecule has 14 heteroatoms. The van der Waals surface area contributed by atoms with Crippen molar-refractivity contribution in [3.63, 3.8) is 0 Å². The van der Waals surface area contributed by atoms with Gasteiger partial charge in [-0.15, -0.1) is 0 Å². The first-order valence-electron chi connectivity index (χ1n) is 12.3. The lowest BCUT2D eigenvalue weighted by molar-refractivity contribution is -0.385. The lowest BCUT2D eigenvalue weighted by Crippen LogP contribution is -2.28. The van der Waals surface area contributed by atoms with E-state index in [4.69, 9.17) is 25.8 Å². The summed E-state index contributed by atoms with van der Waals surface area (Å²) < 4.78 is 33.0. The highest BCUT2D eigenvalue weighted by atomic mass is 35.5. The predicted molar refractivity (Wildman–Crippen MR) is 147 cm³/mol. The highest BCUT2D eigenvalue weighted by Gasteiger charge is 2.41. The van der Waals surface area contributed by atoms with Crippen LogP contribution in [-0.4, -0.2) is 34.0 Å². The van der Waals surface area contributed by atoms with Crippen molar-refractivity contribution in [1.82, 2.24) is 0 Å². The molecule has 0 spiro atoms. The van der Waals surface area contributed by atoms with Crippen LogP contribution in [0.5, 0.6) is 17.2 Å². The van der Waals surface area contributed by atoms with Crippen molar-refractivity contribution in [3.8, 4) is 23.3 Å². The smallest absolute Gasteiger partial charge is 0.313 e. The van der Waals surface area contributed by atoms with Crippen LogP contribution >= 0.6 is 11.6 Å². The largest absolute Gasteiger partial charge is 0.508 e. The fourth-order valence-electron chi connectivity index (χ4n) is 4.53. The maximum absolute atomic E-state index is 15.5. The third kappa shape index (κ3) is 5.33. The van der Waals surface area contributed by atoms with Crippen molar-refractivity contribution in [2.45, 2.75) is 5.79 Å². The van der Waals surface area contributed by atoms with E-state index >= 15 is 4.39 Å². The molecule has 5 rings (SSSR count). The third-order valence-corrected chi connectivity index (χ3v) is 6.87. The Hall–Kier alpha value is -5.42. The van der Waals surface area contributed by atoms with E-state index in [1.54, 1.807) is 24.3 Å². The molecule has 1 heterocycles. The SMILES string of the molecule is N#Cc1c(F)c(C(=O)c2ccc(Cl)c([N+](=O)[O-])c2)cc([N+](=O)[O-])c1Oc1ccc(C2(c3ccc(O)cc3)OCCO2)cc1. The number of ketones is 1. The second-order valence-electron chi connectivity index (χ2n) is 9.07. The Labute approximate surface area is 246 Å². The predicted octanol–water partition coefficient (Wildman–Crippen LogP) is 6.14. The number of carbonyl (C=O) groups excluding carboxylic acids is 1. The van der Waals surface area contributed by atoms with Crippen LogP contribution in [0.15, 0.2) is 72.8 Å². The first-order valence-corrected chi connectivity index (χ1v) is 12.7. The Morgan fingerprint density at radius 1 is 0.953 bits per heavy atom. The van der Waals surface area contributed by atoms with E-state index in [2.05, 4.69) is 0 Å². The fraction of sp³-hybridized carbons (Fsp3) is 0.103. The summed E-state index contributed by atoms with van der Waals surface area (Å²) in [4.78, 5) is 34.5. The van der Waals surface area contributed by atoms with Gasteiger partial charge in [0.1, 0.15) is 28.2 Å². The Morgan fingerprint density at radius 3 is 2.09 bits per heavy atom. The van der Waals surface area contributed by atoms with Crippen LogP contribution in [-0.2, 0) is 15.3 Å². The van der Waals surface area contributed by atoms with Crippen molar-refractivity contribution in [3.05, 3.63) is 132 Å². The first kappa shape index (κ1) is 29.1. The van der Waals surface area contributed by atoms with Crippen LogP contribution in [0.1, 0.15) is 32.6 Å². The third-order valence-electron chi connectivity index (χ3n) is 6.55. The summed E-state index contributed by atoms with van der Waals surface area (Å²) >= 11 is 5.78. The van der Waals surface area contributed by atoms with Gasteiger partial charge < -0.3 is 19.3 Å². The number of phenolic OH excluding ortho intramolecular Hbond substituents is 1. The first-order chi connectivity index (χ1) is 20.6. The van der Waals surface area contributed by atoms with Crippen LogP contribution in [0.4, 0.5) is 15.8 Å². The van der Waals surface area contributed by atoms with Crippen molar-refractivity contribution in [2.75, 3.05) is 13.2 Å². The molecular weight excluding hydrogens is 589 g/mol. The monoisotopic (exact) mass is 605 g/mol. The van der Waals surface area contributed by atoms with E-state index in [9.17, 15) is 35.4 Å². The maximum atomic E-state index is 15.5. The number of carbonyl (C=O) groups is 1. The molecule has 0 amide bonds. The number of nitro groups is 2. The van der Waals surface area contributed by atoms with E-state index < -0.39 is 55.5 Å². The number of phenols is 1. The molecule has 1 fully saturated rings. The molecule has 12 nitrogen and oxygen atoms in total. The molecule has 0 aromatic heterocycles. The van der Waals surface area contributed by atoms with Gasteiger partial charge in [-0.2, -0.15) is 5.26 Å². The molecule has 4 aromatic carbocycles. The van der Waals surface area contributed by atoms with Gasteiger partial charge in [-0.1, -0.05) is 11.6 Å². The number of nitriles is 1. The summed E-state index contributed by atoms with van der Waals surface area (Å²) in [7, 11) is 0. The van der Waals surface area contributed by atoms with Gasteiger partial charge in [-0.25, -0.2) is 4.39 Å². The highest BCUT2D eigenvalue weighted by Crippen LogP contribution is 2.42. The van der Waals surface area contributed by atoms with Gasteiger partial charge in [0.05, 0.1) is 28.6 Å². The van der Waals surface area contributed by atoms with Gasteiger partial charge in [0.2, 0.25) is 11.5 Å². The lowest BCUT2D eigenvalue weighted by Gasteiger charge is -2.28. The molecule has 0 radical (unpaired) electrons. The molecule has 43 heavy (non-hydrogen) atoms. The van der Waals surface area contributed by atoms with Crippen LogP contribution < -0.4 is 4.74 Å². The minimum Gasteiger partial charge on any atom is -0.508 e. The zero-order chi connectivity index (χ0) is 30.9. The van der Waals surface area contributed by atoms with Gasteiger partial charge in [-0.05, 0) is 60.7 Å². The molecular formula is C29H17ClFN3O9. The van der Waals surface area contributed by atoms with Crippen molar-refractivity contribution in [1.29, 1.82) is 5.26 Å². The summed E-state index contributed by atoms with van der Waals surface area (Å²) in [6, 6.07) is 17.1. The topological polar surface area (TPSA) is 175 Å². The molecule has 0 unspecified atom stereocenters.